The maximum absolute atomic E-state index is 13.0. The number of piperidine rings is 1. The summed E-state index contributed by atoms with van der Waals surface area (Å²) in [5.74, 6) is -0.975. The highest BCUT2D eigenvalue weighted by atomic mass is 19.1. The summed E-state index contributed by atoms with van der Waals surface area (Å²) in [4.78, 5) is 22.5. The van der Waals surface area contributed by atoms with E-state index < -0.39 is 21.8 Å². The minimum Gasteiger partial charge on any atom is -0.320 e. The zero-order valence-electron chi connectivity index (χ0n) is 11.1. The Morgan fingerprint density at radius 1 is 1.45 bits per heavy atom. The van der Waals surface area contributed by atoms with Crippen molar-refractivity contribution < 1.29 is 14.1 Å². The van der Waals surface area contributed by atoms with Gasteiger partial charge >= 0.3 is 0 Å². The molecule has 0 aromatic heterocycles. The van der Waals surface area contributed by atoms with Crippen LogP contribution in [0.1, 0.15) is 19.8 Å². The largest absolute Gasteiger partial charge is 0.320 e. The molecule has 6 nitrogen and oxygen atoms in total. The van der Waals surface area contributed by atoms with E-state index in [0.29, 0.717) is 12.8 Å². The lowest BCUT2D eigenvalue weighted by molar-refractivity contribution is -0.384. The van der Waals surface area contributed by atoms with Crippen LogP contribution in [-0.4, -0.2) is 23.9 Å². The number of carbonyl (C=O) groups is 1. The van der Waals surface area contributed by atoms with E-state index >= 15 is 0 Å². The SMILES string of the molecule is CC1(C(=O)Nc2ccc(F)cc2[N+](=O)[O-])CCNCC1. The van der Waals surface area contributed by atoms with Crippen molar-refractivity contribution in [2.24, 2.45) is 5.41 Å². The Morgan fingerprint density at radius 2 is 2.10 bits per heavy atom. The lowest BCUT2D eigenvalue weighted by Gasteiger charge is -2.32. The van der Waals surface area contributed by atoms with Crippen LogP contribution in [-0.2, 0) is 4.79 Å². The summed E-state index contributed by atoms with van der Waals surface area (Å²) in [7, 11) is 0. The van der Waals surface area contributed by atoms with E-state index in [4.69, 9.17) is 0 Å². The number of halogens is 1. The van der Waals surface area contributed by atoms with Crippen LogP contribution in [0.2, 0.25) is 0 Å². The number of benzene rings is 1. The fourth-order valence-electron chi connectivity index (χ4n) is 2.24. The van der Waals surface area contributed by atoms with Gasteiger partial charge in [-0.05, 0) is 38.1 Å². The molecule has 20 heavy (non-hydrogen) atoms. The molecule has 1 aliphatic heterocycles. The Balaban J connectivity index is 2.21. The third-order valence-electron chi connectivity index (χ3n) is 3.66. The van der Waals surface area contributed by atoms with Gasteiger partial charge in [0.1, 0.15) is 11.5 Å². The summed E-state index contributed by atoms with van der Waals surface area (Å²) in [5, 5.41) is 16.6. The molecule has 1 heterocycles. The van der Waals surface area contributed by atoms with Crippen LogP contribution in [0.3, 0.4) is 0 Å². The molecule has 108 valence electrons. The van der Waals surface area contributed by atoms with Crippen LogP contribution >= 0.6 is 0 Å². The summed E-state index contributed by atoms with van der Waals surface area (Å²) in [6.07, 6.45) is 1.32. The number of nitro benzene ring substituents is 1. The number of hydrogen-bond donors (Lipinski definition) is 2. The zero-order chi connectivity index (χ0) is 14.8. The molecule has 1 saturated heterocycles. The van der Waals surface area contributed by atoms with Gasteiger partial charge in [0, 0.05) is 5.41 Å². The second kappa shape index (κ2) is 5.54. The molecule has 0 spiro atoms. The van der Waals surface area contributed by atoms with Crippen molar-refractivity contribution in [1.82, 2.24) is 5.32 Å². The molecule has 2 rings (SSSR count). The molecule has 0 saturated carbocycles. The molecule has 0 bridgehead atoms. The molecule has 1 aromatic rings. The van der Waals surface area contributed by atoms with E-state index in [1.54, 1.807) is 0 Å². The molecule has 1 aliphatic rings. The Bertz CT molecular complexity index is 542. The average molecular weight is 281 g/mol. The topological polar surface area (TPSA) is 84.3 Å². The van der Waals surface area contributed by atoms with Gasteiger partial charge in [0.15, 0.2) is 0 Å². The summed E-state index contributed by atoms with van der Waals surface area (Å²) in [6.45, 7) is 3.30. The second-order valence-electron chi connectivity index (χ2n) is 5.18. The van der Waals surface area contributed by atoms with Gasteiger partial charge in [-0.1, -0.05) is 6.92 Å². The van der Waals surface area contributed by atoms with Crippen molar-refractivity contribution in [3.8, 4) is 0 Å². The number of amides is 1. The van der Waals surface area contributed by atoms with E-state index in [9.17, 15) is 19.3 Å². The van der Waals surface area contributed by atoms with Crippen LogP contribution in [0, 0.1) is 21.3 Å². The Kier molecular flexibility index (Phi) is 3.99. The fourth-order valence-corrected chi connectivity index (χ4v) is 2.24. The minimum atomic E-state index is -0.706. The van der Waals surface area contributed by atoms with E-state index in [1.807, 2.05) is 6.92 Å². The van der Waals surface area contributed by atoms with E-state index in [2.05, 4.69) is 10.6 Å². The van der Waals surface area contributed by atoms with Gasteiger partial charge in [0.25, 0.3) is 5.69 Å². The third-order valence-corrected chi connectivity index (χ3v) is 3.66. The van der Waals surface area contributed by atoms with Crippen LogP contribution in [0.25, 0.3) is 0 Å². The quantitative estimate of drug-likeness (QED) is 0.656. The number of nitrogens with zero attached hydrogens (tertiary/aromatic N) is 1. The molecule has 7 heteroatoms. The number of carbonyl (C=O) groups excluding carboxylic acids is 1. The van der Waals surface area contributed by atoms with Crippen LogP contribution in [0.15, 0.2) is 18.2 Å². The highest BCUT2D eigenvalue weighted by Crippen LogP contribution is 2.32. The lowest BCUT2D eigenvalue weighted by Crippen LogP contribution is -2.42. The van der Waals surface area contributed by atoms with Gasteiger partial charge in [0.05, 0.1) is 11.0 Å². The highest BCUT2D eigenvalue weighted by Gasteiger charge is 2.35. The molecule has 0 atom stereocenters. The standard InChI is InChI=1S/C13H16FN3O3/c1-13(4-6-15-7-5-13)12(18)16-10-3-2-9(14)8-11(10)17(19)20/h2-3,8,15H,4-7H2,1H3,(H,16,18). The highest BCUT2D eigenvalue weighted by molar-refractivity contribution is 5.97. The predicted octanol–water partition coefficient (Wildman–Crippen LogP) is 2.06. The van der Waals surface area contributed by atoms with Gasteiger partial charge in [-0.2, -0.15) is 0 Å². The number of nitro groups is 1. The van der Waals surface area contributed by atoms with Crippen molar-refractivity contribution in [2.45, 2.75) is 19.8 Å². The smallest absolute Gasteiger partial charge is 0.295 e. The summed E-state index contributed by atoms with van der Waals surface area (Å²) in [5.41, 5.74) is -0.968. The lowest BCUT2D eigenvalue weighted by atomic mass is 9.80. The van der Waals surface area contributed by atoms with Crippen molar-refractivity contribution in [1.29, 1.82) is 0 Å². The molecule has 1 aromatic carbocycles. The molecule has 1 fully saturated rings. The van der Waals surface area contributed by atoms with E-state index in [0.717, 1.165) is 25.2 Å². The van der Waals surface area contributed by atoms with Gasteiger partial charge in [-0.3, -0.25) is 14.9 Å². The molecule has 2 N–H and O–H groups in total. The number of anilines is 1. The van der Waals surface area contributed by atoms with Crippen molar-refractivity contribution in [3.63, 3.8) is 0 Å². The second-order valence-corrected chi connectivity index (χ2v) is 5.18. The predicted molar refractivity (Wildman–Crippen MR) is 71.9 cm³/mol. The maximum Gasteiger partial charge on any atom is 0.295 e. The van der Waals surface area contributed by atoms with Crippen LogP contribution in [0.4, 0.5) is 15.8 Å². The number of nitrogens with one attached hydrogen (secondary N) is 2. The first-order valence-electron chi connectivity index (χ1n) is 6.38. The molecular weight excluding hydrogens is 265 g/mol. The van der Waals surface area contributed by atoms with Crippen molar-refractivity contribution in [3.05, 3.63) is 34.1 Å². The summed E-state index contributed by atoms with van der Waals surface area (Å²) < 4.78 is 13.0. The molecule has 0 aliphatic carbocycles. The van der Waals surface area contributed by atoms with Crippen LogP contribution in [0.5, 0.6) is 0 Å². The third kappa shape index (κ3) is 2.93. The van der Waals surface area contributed by atoms with Gasteiger partial charge < -0.3 is 10.6 Å². The van der Waals surface area contributed by atoms with Gasteiger partial charge in [-0.25, -0.2) is 4.39 Å². The molecular formula is C13H16FN3O3. The van der Waals surface area contributed by atoms with Crippen molar-refractivity contribution in [2.75, 3.05) is 18.4 Å². The minimum absolute atomic E-state index is 0.0288. The Morgan fingerprint density at radius 3 is 2.70 bits per heavy atom. The van der Waals surface area contributed by atoms with Gasteiger partial charge in [0.2, 0.25) is 5.91 Å². The molecule has 0 radical (unpaired) electrons. The summed E-state index contributed by atoms with van der Waals surface area (Å²) in [6, 6.07) is 3.11. The number of hydrogen-bond acceptors (Lipinski definition) is 4. The average Bonchev–Trinajstić information content (AvgIpc) is 2.41. The monoisotopic (exact) mass is 281 g/mol. The van der Waals surface area contributed by atoms with E-state index in [-0.39, 0.29) is 11.6 Å². The summed E-state index contributed by atoms with van der Waals surface area (Å²) >= 11 is 0. The van der Waals surface area contributed by atoms with E-state index in [1.165, 1.54) is 6.07 Å². The molecule has 0 unspecified atom stereocenters. The normalized spacial score (nSPS) is 17.5. The van der Waals surface area contributed by atoms with Crippen molar-refractivity contribution >= 4 is 17.3 Å². The van der Waals surface area contributed by atoms with Gasteiger partial charge in [-0.15, -0.1) is 0 Å². The first kappa shape index (κ1) is 14.4. The maximum atomic E-state index is 13.0. The molecule has 1 amide bonds. The van der Waals surface area contributed by atoms with Crippen LogP contribution < -0.4 is 10.6 Å². The Hall–Kier alpha value is -2.02. The first-order valence-corrected chi connectivity index (χ1v) is 6.38. The number of rotatable bonds is 3. The Labute approximate surface area is 115 Å². The zero-order valence-corrected chi connectivity index (χ0v) is 11.1. The first-order chi connectivity index (χ1) is 9.42. The fraction of sp³-hybridized carbons (Fsp3) is 0.462.